The van der Waals surface area contributed by atoms with Gasteiger partial charge >= 0.3 is 0 Å². The number of nitrogens with zero attached hydrogens (tertiary/aromatic N) is 4. The summed E-state index contributed by atoms with van der Waals surface area (Å²) in [6.45, 7) is 14.1. The molecule has 37 heavy (non-hydrogen) atoms. The Morgan fingerprint density at radius 1 is 1.27 bits per heavy atom. The summed E-state index contributed by atoms with van der Waals surface area (Å²) in [5.74, 6) is 0.975. The summed E-state index contributed by atoms with van der Waals surface area (Å²) in [4.78, 5) is 31.6. The summed E-state index contributed by atoms with van der Waals surface area (Å²) >= 11 is 6.54. The first-order valence-electron chi connectivity index (χ1n) is 12.7. The van der Waals surface area contributed by atoms with Crippen LogP contribution in [0.25, 0.3) is 10.9 Å². The van der Waals surface area contributed by atoms with Gasteiger partial charge < -0.3 is 14.2 Å². The van der Waals surface area contributed by atoms with Crippen LogP contribution in [0.2, 0.25) is 5.02 Å². The molecule has 0 spiro atoms. The number of aryl methyl sites for hydroxylation is 3. The molecule has 1 amide bonds. The number of carbonyl (C=O) groups is 2. The Kier molecular flexibility index (Phi) is 7.90. The molecule has 1 saturated heterocycles. The van der Waals surface area contributed by atoms with Crippen molar-refractivity contribution in [2.24, 2.45) is 5.92 Å². The second kappa shape index (κ2) is 10.8. The van der Waals surface area contributed by atoms with Gasteiger partial charge in [0.05, 0.1) is 17.8 Å². The molecule has 3 heterocycles. The van der Waals surface area contributed by atoms with Crippen LogP contribution in [0.5, 0.6) is 0 Å². The third-order valence-corrected chi connectivity index (χ3v) is 7.36. The van der Waals surface area contributed by atoms with Crippen LogP contribution in [0, 0.1) is 12.8 Å². The lowest BCUT2D eigenvalue weighted by molar-refractivity contribution is -0.132. The van der Waals surface area contributed by atoms with Gasteiger partial charge in [-0.3, -0.25) is 14.7 Å². The Morgan fingerprint density at radius 2 is 2.00 bits per heavy atom. The predicted molar refractivity (Wildman–Crippen MR) is 145 cm³/mol. The molecule has 4 rings (SSSR count). The quantitative estimate of drug-likeness (QED) is 0.307. The number of aromatic nitrogens is 4. The number of H-pyrrole nitrogens is 1. The van der Waals surface area contributed by atoms with Gasteiger partial charge in [0.1, 0.15) is 11.5 Å². The SMILES string of the molecule is C=CC(=O)N1CC(CC(=O)c2c(C)nc(CCc3[nH]nc4cc(Cl)c(C(C)(C)C)cc34)n2CCOC)C1. The number of carbonyl (C=O) groups excluding carboxylic acids is 2. The standard InChI is InChI=1S/C28H36ClN5O3/c1-7-26(36)33-15-18(16-33)12-24(35)27-17(2)30-25(34(27)10-11-37-6)9-8-22-19-13-20(28(3,4)5)21(29)14-23(19)32-31-22/h7,13-14,18H,1,8-12,15-16H2,2-6H3,(H,31,32). The molecule has 0 saturated carbocycles. The highest BCUT2D eigenvalue weighted by atomic mass is 35.5. The monoisotopic (exact) mass is 525 g/mol. The van der Waals surface area contributed by atoms with Gasteiger partial charge in [0.15, 0.2) is 5.78 Å². The van der Waals surface area contributed by atoms with Gasteiger partial charge in [-0.1, -0.05) is 39.0 Å². The number of aromatic amines is 1. The number of methoxy groups -OCH3 is 1. The van der Waals surface area contributed by atoms with Crippen molar-refractivity contribution in [1.29, 1.82) is 0 Å². The lowest BCUT2D eigenvalue weighted by Crippen LogP contribution is -2.50. The van der Waals surface area contributed by atoms with Crippen molar-refractivity contribution < 1.29 is 14.3 Å². The topological polar surface area (TPSA) is 93.1 Å². The van der Waals surface area contributed by atoms with Crippen molar-refractivity contribution in [3.63, 3.8) is 0 Å². The second-order valence-electron chi connectivity index (χ2n) is 10.8. The number of nitrogens with one attached hydrogen (secondary N) is 1. The van der Waals surface area contributed by atoms with Crippen LogP contribution in [0.1, 0.15) is 60.5 Å². The molecule has 0 aliphatic carbocycles. The van der Waals surface area contributed by atoms with Gasteiger partial charge in [-0.2, -0.15) is 5.10 Å². The molecule has 0 bridgehead atoms. The highest BCUT2D eigenvalue weighted by Gasteiger charge is 2.32. The molecular weight excluding hydrogens is 490 g/mol. The van der Waals surface area contributed by atoms with Gasteiger partial charge in [0.2, 0.25) is 5.91 Å². The molecular formula is C28H36ClN5O3. The molecule has 2 aromatic heterocycles. The summed E-state index contributed by atoms with van der Waals surface area (Å²) in [5, 5.41) is 9.42. The number of likely N-dealkylation sites (tertiary alicyclic amines) is 1. The van der Waals surface area contributed by atoms with Crippen molar-refractivity contribution in [3.8, 4) is 0 Å². The lowest BCUT2D eigenvalue weighted by atomic mass is 9.86. The minimum Gasteiger partial charge on any atom is -0.383 e. The molecule has 0 atom stereocenters. The summed E-state index contributed by atoms with van der Waals surface area (Å²) in [7, 11) is 1.65. The van der Waals surface area contributed by atoms with E-state index in [-0.39, 0.29) is 23.0 Å². The second-order valence-corrected chi connectivity index (χ2v) is 11.3. The number of halogens is 1. The van der Waals surface area contributed by atoms with Crippen LogP contribution in [0.4, 0.5) is 0 Å². The van der Waals surface area contributed by atoms with E-state index in [4.69, 9.17) is 21.3 Å². The van der Waals surface area contributed by atoms with Crippen LogP contribution in [0.15, 0.2) is 24.8 Å². The van der Waals surface area contributed by atoms with Gasteiger partial charge in [0.25, 0.3) is 0 Å². The summed E-state index contributed by atoms with van der Waals surface area (Å²) in [6.07, 6.45) is 3.05. The molecule has 1 N–H and O–H groups in total. The average molecular weight is 526 g/mol. The van der Waals surface area contributed by atoms with E-state index in [1.807, 2.05) is 17.6 Å². The van der Waals surface area contributed by atoms with Gasteiger partial charge in [-0.25, -0.2) is 4.98 Å². The van der Waals surface area contributed by atoms with E-state index in [0.717, 1.165) is 38.7 Å². The van der Waals surface area contributed by atoms with Crippen LogP contribution in [0.3, 0.4) is 0 Å². The fourth-order valence-electron chi connectivity index (χ4n) is 5.05. The number of ketones is 1. The summed E-state index contributed by atoms with van der Waals surface area (Å²) in [6, 6.07) is 4.05. The number of rotatable bonds is 10. The largest absolute Gasteiger partial charge is 0.383 e. The van der Waals surface area contributed by atoms with Crippen LogP contribution in [-0.2, 0) is 34.3 Å². The fraction of sp³-hybridized carbons (Fsp3) is 0.500. The Labute approximate surface area is 223 Å². The highest BCUT2D eigenvalue weighted by molar-refractivity contribution is 6.32. The maximum Gasteiger partial charge on any atom is 0.245 e. The van der Waals surface area contributed by atoms with E-state index in [9.17, 15) is 9.59 Å². The number of amides is 1. The average Bonchev–Trinajstić information content (AvgIpc) is 3.35. The zero-order chi connectivity index (χ0) is 26.9. The number of hydrogen-bond donors (Lipinski definition) is 1. The normalized spacial score (nSPS) is 14.3. The van der Waals surface area contributed by atoms with Gasteiger partial charge in [-0.15, -0.1) is 0 Å². The molecule has 3 aromatic rings. The minimum atomic E-state index is -0.0875. The number of Topliss-reactive ketones (excluding diaryl/α,β-unsaturated/α-hetero) is 1. The molecule has 1 aromatic carbocycles. The van der Waals surface area contributed by atoms with Gasteiger partial charge in [-0.05, 0) is 42.5 Å². The minimum absolute atomic E-state index is 0.0551. The van der Waals surface area contributed by atoms with Crippen LogP contribution in [-0.4, -0.2) is 63.1 Å². The maximum atomic E-state index is 13.3. The van der Waals surface area contributed by atoms with E-state index in [2.05, 4.69) is 43.6 Å². The van der Waals surface area contributed by atoms with E-state index in [1.165, 1.54) is 6.08 Å². The van der Waals surface area contributed by atoms with Crippen LogP contribution < -0.4 is 0 Å². The third-order valence-electron chi connectivity index (χ3n) is 7.05. The van der Waals surface area contributed by atoms with Crippen molar-refractivity contribution in [2.45, 2.75) is 58.9 Å². The number of hydrogen-bond acceptors (Lipinski definition) is 5. The van der Waals surface area contributed by atoms with E-state index in [1.54, 1.807) is 12.0 Å². The van der Waals surface area contributed by atoms with E-state index in [0.29, 0.717) is 51.2 Å². The first kappa shape index (κ1) is 27.1. The summed E-state index contributed by atoms with van der Waals surface area (Å²) in [5.41, 5.74) is 4.22. The molecule has 9 heteroatoms. The van der Waals surface area contributed by atoms with E-state index >= 15 is 0 Å². The molecule has 1 aliphatic heterocycles. The number of fused-ring (bicyclic) bond motifs is 1. The highest BCUT2D eigenvalue weighted by Crippen LogP contribution is 2.34. The zero-order valence-electron chi connectivity index (χ0n) is 22.4. The zero-order valence-corrected chi connectivity index (χ0v) is 23.1. The Balaban J connectivity index is 1.54. The van der Waals surface area contributed by atoms with Gasteiger partial charge in [0, 0.05) is 61.6 Å². The Hall–Kier alpha value is -2.97. The van der Waals surface area contributed by atoms with Crippen molar-refractivity contribution in [1.82, 2.24) is 24.6 Å². The molecule has 1 aliphatic rings. The molecule has 0 radical (unpaired) electrons. The fourth-order valence-corrected chi connectivity index (χ4v) is 5.49. The van der Waals surface area contributed by atoms with E-state index < -0.39 is 0 Å². The number of ether oxygens (including phenoxy) is 1. The lowest BCUT2D eigenvalue weighted by Gasteiger charge is -2.38. The maximum absolute atomic E-state index is 13.3. The first-order chi connectivity index (χ1) is 17.5. The molecule has 198 valence electrons. The smallest absolute Gasteiger partial charge is 0.245 e. The number of imidazole rings is 1. The Bertz CT molecular complexity index is 1330. The van der Waals surface area contributed by atoms with Crippen molar-refractivity contribution in [3.05, 3.63) is 58.3 Å². The molecule has 0 unspecified atom stereocenters. The number of benzene rings is 1. The van der Waals surface area contributed by atoms with Crippen LogP contribution >= 0.6 is 11.6 Å². The van der Waals surface area contributed by atoms with Crippen molar-refractivity contribution >= 4 is 34.2 Å². The molecule has 8 nitrogen and oxygen atoms in total. The predicted octanol–water partition coefficient (Wildman–Crippen LogP) is 4.67. The summed E-state index contributed by atoms with van der Waals surface area (Å²) < 4.78 is 7.34. The Morgan fingerprint density at radius 3 is 2.65 bits per heavy atom. The molecule has 1 fully saturated rings. The van der Waals surface area contributed by atoms with Crippen molar-refractivity contribution in [2.75, 3.05) is 26.8 Å². The first-order valence-corrected chi connectivity index (χ1v) is 13.1. The third kappa shape index (κ3) is 5.65.